The number of furan rings is 2. The van der Waals surface area contributed by atoms with Crippen molar-refractivity contribution in [2.75, 3.05) is 0 Å². The van der Waals surface area contributed by atoms with Crippen LogP contribution in [0.25, 0.3) is 131 Å². The smallest absolute Gasteiger partial charge is 0.143 e. The maximum absolute atomic E-state index is 6.70. The summed E-state index contributed by atoms with van der Waals surface area (Å²) >= 11 is 0. The molecule has 0 spiro atoms. The van der Waals surface area contributed by atoms with Gasteiger partial charge in [-0.2, -0.15) is 0 Å². The van der Waals surface area contributed by atoms with E-state index in [1.807, 2.05) is 12.1 Å². The highest BCUT2D eigenvalue weighted by molar-refractivity contribution is 6.30. The van der Waals surface area contributed by atoms with Crippen LogP contribution in [0.1, 0.15) is 0 Å². The van der Waals surface area contributed by atoms with Gasteiger partial charge in [-0.1, -0.05) is 164 Å². The highest BCUT2D eigenvalue weighted by Crippen LogP contribution is 2.49. The number of para-hydroxylation sites is 4. The lowest BCUT2D eigenvalue weighted by atomic mass is 9.84. The molecule has 0 radical (unpaired) electrons. The van der Waals surface area contributed by atoms with Crippen molar-refractivity contribution in [3.05, 3.63) is 194 Å². The van der Waals surface area contributed by atoms with Gasteiger partial charge in [0.1, 0.15) is 22.3 Å². The molecule has 2 aromatic heterocycles. The van der Waals surface area contributed by atoms with Crippen LogP contribution in [-0.2, 0) is 0 Å². The summed E-state index contributed by atoms with van der Waals surface area (Å²) < 4.78 is 13.4. The fraction of sp³-hybridized carbons (Fsp3) is 0. The number of fused-ring (bicyclic) bond motifs is 7. The monoisotopic (exact) mass is 736 g/mol. The average Bonchev–Trinajstić information content (AvgIpc) is 3.87. The Balaban J connectivity index is 1.11. The summed E-state index contributed by atoms with van der Waals surface area (Å²) in [7, 11) is 0. The van der Waals surface area contributed by atoms with Crippen molar-refractivity contribution >= 4 is 87.0 Å². The number of hydrogen-bond donors (Lipinski definition) is 0. The van der Waals surface area contributed by atoms with Gasteiger partial charge in [0.25, 0.3) is 0 Å². The number of rotatable bonds is 4. The van der Waals surface area contributed by atoms with Crippen molar-refractivity contribution in [3.8, 4) is 44.5 Å². The molecule has 0 N–H and O–H groups in total. The summed E-state index contributed by atoms with van der Waals surface area (Å²) in [4.78, 5) is 0. The summed E-state index contributed by atoms with van der Waals surface area (Å²) in [6.07, 6.45) is 0. The van der Waals surface area contributed by atoms with Gasteiger partial charge in [0.2, 0.25) is 0 Å². The first-order valence-corrected chi connectivity index (χ1v) is 19.9. The van der Waals surface area contributed by atoms with Crippen molar-refractivity contribution < 1.29 is 8.83 Å². The Kier molecular flexibility index (Phi) is 6.47. The lowest BCUT2D eigenvalue weighted by Crippen LogP contribution is -1.93. The average molecular weight is 737 g/mol. The summed E-state index contributed by atoms with van der Waals surface area (Å²) in [5.74, 6) is 0. The van der Waals surface area contributed by atoms with Gasteiger partial charge >= 0.3 is 0 Å². The zero-order valence-corrected chi connectivity index (χ0v) is 31.3. The zero-order valence-electron chi connectivity index (χ0n) is 31.3. The van der Waals surface area contributed by atoms with E-state index in [0.717, 1.165) is 66.1 Å². The van der Waals surface area contributed by atoms with Crippen molar-refractivity contribution in [3.63, 3.8) is 0 Å². The summed E-state index contributed by atoms with van der Waals surface area (Å²) in [5.41, 5.74) is 12.9. The van der Waals surface area contributed by atoms with E-state index >= 15 is 0 Å². The minimum Gasteiger partial charge on any atom is -0.455 e. The van der Waals surface area contributed by atoms with Crippen LogP contribution in [0.3, 0.4) is 0 Å². The van der Waals surface area contributed by atoms with E-state index < -0.39 is 0 Å². The normalized spacial score (nSPS) is 12.1. The highest BCUT2D eigenvalue weighted by Gasteiger charge is 2.22. The Morgan fingerprint density at radius 3 is 1.26 bits per heavy atom. The molecule has 2 nitrogen and oxygen atoms in total. The molecule has 0 amide bonds. The second-order valence-electron chi connectivity index (χ2n) is 15.5. The molecule has 58 heavy (non-hydrogen) atoms. The summed E-state index contributed by atoms with van der Waals surface area (Å²) in [6.45, 7) is 0. The van der Waals surface area contributed by atoms with Crippen LogP contribution in [0.2, 0.25) is 0 Å². The molecule has 13 aromatic rings. The van der Waals surface area contributed by atoms with Gasteiger partial charge in [0.15, 0.2) is 0 Å². The Morgan fingerprint density at radius 2 is 0.707 bits per heavy atom. The van der Waals surface area contributed by atoms with E-state index in [2.05, 4.69) is 182 Å². The van der Waals surface area contributed by atoms with Crippen molar-refractivity contribution in [2.24, 2.45) is 0 Å². The minimum absolute atomic E-state index is 0.895. The van der Waals surface area contributed by atoms with Gasteiger partial charge in [0.05, 0.1) is 0 Å². The van der Waals surface area contributed by atoms with E-state index in [9.17, 15) is 0 Å². The molecule has 0 bridgehead atoms. The molecule has 268 valence electrons. The predicted octanol–water partition coefficient (Wildman–Crippen LogP) is 16.2. The first kappa shape index (κ1) is 31.5. The van der Waals surface area contributed by atoms with E-state index in [1.54, 1.807) is 0 Å². The minimum atomic E-state index is 0.895. The second-order valence-corrected chi connectivity index (χ2v) is 15.5. The quantitative estimate of drug-likeness (QED) is 0.168. The lowest BCUT2D eigenvalue weighted by molar-refractivity contribution is 0.670. The second kappa shape index (κ2) is 11.9. The van der Waals surface area contributed by atoms with Gasteiger partial charge < -0.3 is 8.83 Å². The van der Waals surface area contributed by atoms with Gasteiger partial charge in [-0.15, -0.1) is 0 Å². The van der Waals surface area contributed by atoms with E-state index in [0.29, 0.717) is 0 Å². The van der Waals surface area contributed by atoms with Crippen molar-refractivity contribution in [1.29, 1.82) is 0 Å². The van der Waals surface area contributed by atoms with Crippen LogP contribution < -0.4 is 0 Å². The molecule has 11 aromatic carbocycles. The highest BCUT2D eigenvalue weighted by atomic mass is 16.3. The first-order chi connectivity index (χ1) is 28.8. The van der Waals surface area contributed by atoms with Crippen LogP contribution in [0.4, 0.5) is 0 Å². The Bertz CT molecular complexity index is 3610. The van der Waals surface area contributed by atoms with Crippen LogP contribution in [-0.4, -0.2) is 0 Å². The van der Waals surface area contributed by atoms with Gasteiger partial charge in [0, 0.05) is 32.7 Å². The number of hydrogen-bond acceptors (Lipinski definition) is 2. The van der Waals surface area contributed by atoms with Crippen LogP contribution in [0.5, 0.6) is 0 Å². The largest absolute Gasteiger partial charge is 0.455 e. The first-order valence-electron chi connectivity index (χ1n) is 19.9. The molecular weight excluding hydrogens is 705 g/mol. The third-order valence-corrected chi connectivity index (χ3v) is 12.4. The molecule has 13 rings (SSSR count). The molecule has 0 aliphatic heterocycles. The SMILES string of the molecule is c1ccc(-c2ccc(-c3cc4ccc5c(-c6cccc7c6oc6ccccc67)cc(-c6cccc7c6oc6ccccc67)c6ccc(c3)c4c56)c3ccccc23)cc1. The number of benzene rings is 11. The summed E-state index contributed by atoms with van der Waals surface area (Å²) in [5, 5.41) is 14.3. The predicted molar refractivity (Wildman–Crippen MR) is 244 cm³/mol. The topological polar surface area (TPSA) is 26.3 Å². The Morgan fingerprint density at radius 1 is 0.241 bits per heavy atom. The zero-order chi connectivity index (χ0) is 37.9. The molecular formula is C56H32O2. The lowest BCUT2D eigenvalue weighted by Gasteiger charge is -2.19. The maximum atomic E-state index is 6.70. The van der Waals surface area contributed by atoms with Crippen LogP contribution in [0.15, 0.2) is 203 Å². The third kappa shape index (κ3) is 4.43. The van der Waals surface area contributed by atoms with Crippen molar-refractivity contribution in [1.82, 2.24) is 0 Å². The molecule has 0 atom stereocenters. The van der Waals surface area contributed by atoms with Gasteiger partial charge in [-0.25, -0.2) is 0 Å². The van der Waals surface area contributed by atoms with E-state index in [1.165, 1.54) is 65.3 Å². The molecule has 0 aliphatic carbocycles. The fourth-order valence-corrected chi connectivity index (χ4v) is 9.86. The third-order valence-electron chi connectivity index (χ3n) is 12.4. The fourth-order valence-electron chi connectivity index (χ4n) is 9.86. The molecule has 0 unspecified atom stereocenters. The van der Waals surface area contributed by atoms with Crippen molar-refractivity contribution in [2.45, 2.75) is 0 Å². The van der Waals surface area contributed by atoms with E-state index in [-0.39, 0.29) is 0 Å². The van der Waals surface area contributed by atoms with Crippen LogP contribution >= 0.6 is 0 Å². The molecule has 0 fully saturated rings. The maximum Gasteiger partial charge on any atom is 0.143 e. The molecule has 0 saturated carbocycles. The Labute approximate surface area is 333 Å². The molecule has 0 aliphatic rings. The van der Waals surface area contributed by atoms with E-state index in [4.69, 9.17) is 8.83 Å². The molecule has 0 saturated heterocycles. The molecule has 2 heteroatoms. The van der Waals surface area contributed by atoms with Crippen LogP contribution in [0, 0.1) is 0 Å². The Hall–Kier alpha value is -7.68. The standard InChI is InChI=1S/C56H32O2/c1-2-12-33(13-3-1)37-28-29-38(40-15-5-4-14-39(37)40)36-30-34-24-26-43-49(47-20-10-18-45-41-16-6-8-22-51(41)57-55(45)47)32-50(44-27-25-35(31-36)53(34)54(43)44)48-21-11-19-46-42-17-7-9-23-52(42)58-56(46)48/h1-32H. The van der Waals surface area contributed by atoms with Gasteiger partial charge in [-0.3, -0.25) is 0 Å². The molecule has 2 heterocycles. The van der Waals surface area contributed by atoms with Gasteiger partial charge in [-0.05, 0) is 107 Å². The summed E-state index contributed by atoms with van der Waals surface area (Å²) in [6, 6.07) is 70.3.